The minimum Gasteiger partial charge on any atom is -0.101 e. The van der Waals surface area contributed by atoms with Crippen molar-refractivity contribution in [3.63, 3.8) is 0 Å². The third kappa shape index (κ3) is 2.07. The molecular formula is C10H10F12N6. The Morgan fingerprint density at radius 1 is 0.357 bits per heavy atom. The van der Waals surface area contributed by atoms with Gasteiger partial charge < -0.3 is 0 Å². The number of hydrogen-bond donors (Lipinski definition) is 0. The van der Waals surface area contributed by atoms with Gasteiger partial charge in [-0.05, 0) is 32.1 Å². The average molecular weight is 442 g/mol. The highest BCUT2D eigenvalue weighted by Gasteiger charge is 2.92. The van der Waals surface area contributed by atoms with Crippen LogP contribution in [0.15, 0.2) is 0 Å². The quantitative estimate of drug-likeness (QED) is 0.349. The van der Waals surface area contributed by atoms with Crippen molar-refractivity contribution in [2.75, 3.05) is 0 Å². The summed E-state index contributed by atoms with van der Waals surface area (Å²) in [4.78, 5) is 0. The van der Waals surface area contributed by atoms with E-state index in [2.05, 4.69) is 0 Å². The van der Waals surface area contributed by atoms with Crippen LogP contribution in [0.4, 0.5) is 53.8 Å². The van der Waals surface area contributed by atoms with Crippen molar-refractivity contribution in [1.29, 1.82) is 0 Å². The third-order valence-corrected chi connectivity index (χ3v) is 6.30. The molecule has 0 aliphatic heterocycles. The van der Waals surface area contributed by atoms with Gasteiger partial charge in [0.2, 0.25) is 5.66 Å². The molecule has 164 valence electrons. The Labute approximate surface area is 147 Å². The molecule has 4 aliphatic rings. The van der Waals surface area contributed by atoms with Crippen LogP contribution in [0.2, 0.25) is 0 Å². The Kier molecular flexibility index (Phi) is 4.61. The maximum absolute atomic E-state index is 13.8. The van der Waals surface area contributed by atoms with Gasteiger partial charge in [0, 0.05) is 21.4 Å². The summed E-state index contributed by atoms with van der Waals surface area (Å²) in [5.74, 6) is 0. The molecule has 0 spiro atoms. The first kappa shape index (κ1) is 21.6. The lowest BCUT2D eigenvalue weighted by molar-refractivity contribution is -0.527. The highest BCUT2D eigenvalue weighted by atomic mass is 19.4. The van der Waals surface area contributed by atoms with Crippen LogP contribution in [0.3, 0.4) is 0 Å². The van der Waals surface area contributed by atoms with Gasteiger partial charge in [-0.25, -0.2) is 0 Å². The fraction of sp³-hybridized carbons (Fsp3) is 1.00. The molecule has 4 aliphatic carbocycles. The lowest BCUT2D eigenvalue weighted by Gasteiger charge is -2.73. The Hall–Kier alpha value is -1.08. The normalized spacial score (nSPS) is 42.2. The monoisotopic (exact) mass is 442 g/mol. The molecule has 0 heterocycles. The molecule has 4 rings (SSSR count). The minimum absolute atomic E-state index is 1.39. The molecule has 4 bridgehead atoms. The van der Waals surface area contributed by atoms with Crippen LogP contribution in [0.5, 0.6) is 0 Å². The zero-order valence-electron chi connectivity index (χ0n) is 13.3. The number of hydrogen-bond acceptors (Lipinski definition) is 6. The molecule has 0 aromatic heterocycles. The molecule has 0 aromatic carbocycles. The van der Waals surface area contributed by atoms with Crippen LogP contribution < -0.4 is 0 Å². The Balaban J connectivity index is 2.44. The zero-order valence-corrected chi connectivity index (χ0v) is 13.3. The molecule has 0 radical (unpaired) electrons. The average Bonchev–Trinajstić information content (AvgIpc) is 2.52. The van der Waals surface area contributed by atoms with E-state index >= 15 is 0 Å². The summed E-state index contributed by atoms with van der Waals surface area (Å²) in [5, 5.41) is -13.9. The second-order valence-corrected chi connectivity index (χ2v) is 7.47. The molecule has 0 aromatic rings. The standard InChI is InChI=1S/C10H10F12N6/c11-23(12)6-1-7(24(13)14)4-8(2-6,25(15)16)10(27(19)20,28(21)22)9(3-6,5-7)26(17)18/h1-5H2. The van der Waals surface area contributed by atoms with E-state index in [1.54, 1.807) is 0 Å². The molecule has 0 unspecified atom stereocenters. The molecular weight excluding hydrogens is 432 g/mol. The summed E-state index contributed by atoms with van der Waals surface area (Å²) in [7, 11) is 0. The fourth-order valence-electron chi connectivity index (χ4n) is 5.74. The van der Waals surface area contributed by atoms with Crippen LogP contribution >= 0.6 is 0 Å². The van der Waals surface area contributed by atoms with Crippen LogP contribution in [-0.2, 0) is 0 Å². The molecule has 0 N–H and O–H groups in total. The molecule has 4 saturated carbocycles. The van der Waals surface area contributed by atoms with E-state index in [9.17, 15) is 53.8 Å². The van der Waals surface area contributed by atoms with Crippen molar-refractivity contribution in [2.45, 2.75) is 59.9 Å². The number of halogens is 12. The summed E-state index contributed by atoms with van der Waals surface area (Å²) in [5.41, 5.74) is -19.8. The minimum atomic E-state index is -4.91. The van der Waals surface area contributed by atoms with E-state index in [0.29, 0.717) is 0 Å². The molecule has 4 fully saturated rings. The SMILES string of the molecule is FN(F)C12CC3(N(F)F)CC(N(F)F)(C1)C(N(F)F)(N(F)F)C(N(F)F)(C2)C3. The largest absolute Gasteiger partial charge is 0.242 e. The van der Waals surface area contributed by atoms with E-state index in [1.165, 1.54) is 0 Å². The highest BCUT2D eigenvalue weighted by molar-refractivity contribution is 5.36. The van der Waals surface area contributed by atoms with Crippen molar-refractivity contribution < 1.29 is 53.8 Å². The third-order valence-electron chi connectivity index (χ3n) is 6.30. The predicted octanol–water partition coefficient (Wildman–Crippen LogP) is 4.06. The van der Waals surface area contributed by atoms with E-state index in [1.807, 2.05) is 0 Å². The van der Waals surface area contributed by atoms with Gasteiger partial charge in [-0.15, -0.1) is 35.9 Å². The first-order valence-corrected chi connectivity index (χ1v) is 7.41. The zero-order chi connectivity index (χ0) is 21.5. The van der Waals surface area contributed by atoms with E-state index < -0.39 is 92.0 Å². The van der Waals surface area contributed by atoms with Crippen LogP contribution in [0, 0.1) is 0 Å². The highest BCUT2D eigenvalue weighted by Crippen LogP contribution is 2.73. The fourth-order valence-corrected chi connectivity index (χ4v) is 5.74. The van der Waals surface area contributed by atoms with Gasteiger partial charge >= 0.3 is 0 Å². The Morgan fingerprint density at radius 3 is 0.821 bits per heavy atom. The summed E-state index contributed by atoms with van der Waals surface area (Å²) >= 11 is 0. The number of nitrogens with zero attached hydrogens (tertiary/aromatic N) is 6. The first-order valence-electron chi connectivity index (χ1n) is 7.41. The van der Waals surface area contributed by atoms with Gasteiger partial charge in [0.25, 0.3) is 0 Å². The van der Waals surface area contributed by atoms with Crippen LogP contribution in [0.25, 0.3) is 0 Å². The van der Waals surface area contributed by atoms with Crippen molar-refractivity contribution in [2.24, 2.45) is 0 Å². The molecule has 0 amide bonds. The second kappa shape index (κ2) is 5.97. The first-order chi connectivity index (χ1) is 12.7. The smallest absolute Gasteiger partial charge is 0.101 e. The molecule has 18 heteroatoms. The molecule has 0 atom stereocenters. The summed E-state index contributed by atoms with van der Waals surface area (Å²) in [6.07, 6.45) is -9.06. The Morgan fingerprint density at radius 2 is 0.643 bits per heavy atom. The topological polar surface area (TPSA) is 19.4 Å². The van der Waals surface area contributed by atoms with Gasteiger partial charge in [-0.2, -0.15) is 0 Å². The lowest BCUT2D eigenvalue weighted by Crippen LogP contribution is -2.94. The van der Waals surface area contributed by atoms with Crippen LogP contribution in [-0.4, -0.2) is 59.9 Å². The maximum Gasteiger partial charge on any atom is 0.242 e. The molecule has 0 saturated heterocycles. The Bertz CT molecular complexity index is 564. The molecule has 28 heavy (non-hydrogen) atoms. The molecule has 6 nitrogen and oxygen atoms in total. The van der Waals surface area contributed by atoms with Crippen molar-refractivity contribution in [3.05, 3.63) is 0 Å². The van der Waals surface area contributed by atoms with Crippen molar-refractivity contribution in [3.8, 4) is 0 Å². The number of rotatable bonds is 6. The van der Waals surface area contributed by atoms with Crippen molar-refractivity contribution in [1.82, 2.24) is 32.1 Å². The summed E-state index contributed by atoms with van der Waals surface area (Å²) < 4.78 is 165. The van der Waals surface area contributed by atoms with Crippen LogP contribution in [0.1, 0.15) is 32.1 Å². The van der Waals surface area contributed by atoms with Gasteiger partial charge in [-0.1, -0.05) is 17.9 Å². The lowest BCUT2D eigenvalue weighted by atomic mass is 9.40. The van der Waals surface area contributed by atoms with Gasteiger partial charge in [0.1, 0.15) is 11.1 Å². The predicted molar refractivity (Wildman–Crippen MR) is 61.1 cm³/mol. The van der Waals surface area contributed by atoms with Crippen molar-refractivity contribution >= 4 is 0 Å². The van der Waals surface area contributed by atoms with E-state index in [0.717, 1.165) is 0 Å². The van der Waals surface area contributed by atoms with Gasteiger partial charge in [-0.3, -0.25) is 0 Å². The van der Waals surface area contributed by atoms with E-state index in [-0.39, 0.29) is 0 Å². The van der Waals surface area contributed by atoms with Gasteiger partial charge in [0.05, 0.1) is 21.8 Å². The van der Waals surface area contributed by atoms with E-state index in [4.69, 9.17) is 0 Å². The van der Waals surface area contributed by atoms with Gasteiger partial charge in [0.15, 0.2) is 0 Å². The summed E-state index contributed by atoms with van der Waals surface area (Å²) in [6.45, 7) is 0. The summed E-state index contributed by atoms with van der Waals surface area (Å²) in [6, 6.07) is 0. The maximum atomic E-state index is 13.8. The second-order valence-electron chi connectivity index (χ2n) is 7.47.